The fourth-order valence-electron chi connectivity index (χ4n) is 3.01. The molecule has 0 saturated heterocycles. The maximum atomic E-state index is 14.8. The number of aromatic nitrogens is 1. The van der Waals surface area contributed by atoms with E-state index in [-0.39, 0.29) is 11.6 Å². The number of pyridine rings is 1. The van der Waals surface area contributed by atoms with Crippen molar-refractivity contribution in [1.29, 1.82) is 0 Å². The van der Waals surface area contributed by atoms with Crippen LogP contribution in [0.4, 0.5) is 10.1 Å². The highest BCUT2D eigenvalue weighted by Crippen LogP contribution is 2.48. The van der Waals surface area contributed by atoms with E-state index in [9.17, 15) is 12.8 Å². The summed E-state index contributed by atoms with van der Waals surface area (Å²) in [6, 6.07) is 1.71. The van der Waals surface area contributed by atoms with Crippen molar-refractivity contribution in [2.75, 3.05) is 11.5 Å². The number of aliphatic imine (C=N–C) groups is 1. The minimum Gasteiger partial charge on any atom is -0.397 e. The monoisotopic (exact) mass is 384 g/mol. The zero-order valence-electron chi connectivity index (χ0n) is 14.2. The number of allylic oxidation sites excluding steroid dienone is 1. The Balaban J connectivity index is 1.95. The van der Waals surface area contributed by atoms with Crippen molar-refractivity contribution in [3.63, 3.8) is 0 Å². The Morgan fingerprint density at radius 3 is 2.56 bits per heavy atom. The van der Waals surface area contributed by atoms with Crippen LogP contribution in [-0.4, -0.2) is 46.7 Å². The highest BCUT2D eigenvalue weighted by molar-refractivity contribution is 8.09. The SMILES string of the molecule is CC1(C)C(N)=N[C@](C)(C2SC(c3cncc(N)c3)=CC2F)CS1(=O)=O. The predicted octanol–water partition coefficient (Wildman–Crippen LogP) is 1.78. The largest absolute Gasteiger partial charge is 0.397 e. The van der Waals surface area contributed by atoms with E-state index in [0.29, 0.717) is 16.2 Å². The van der Waals surface area contributed by atoms with Gasteiger partial charge in [0.2, 0.25) is 0 Å². The van der Waals surface area contributed by atoms with Gasteiger partial charge in [0.15, 0.2) is 9.84 Å². The summed E-state index contributed by atoms with van der Waals surface area (Å²) in [5, 5.41) is -0.687. The first-order chi connectivity index (χ1) is 11.5. The number of nitrogens with zero attached hydrogens (tertiary/aromatic N) is 2. The van der Waals surface area contributed by atoms with Crippen molar-refractivity contribution in [2.24, 2.45) is 10.7 Å². The number of thioether (sulfide) groups is 1. The van der Waals surface area contributed by atoms with Gasteiger partial charge in [-0.15, -0.1) is 11.8 Å². The number of halogens is 1. The molecule has 6 nitrogen and oxygen atoms in total. The van der Waals surface area contributed by atoms with Gasteiger partial charge in [-0.3, -0.25) is 9.98 Å². The molecule has 2 aliphatic heterocycles. The number of nitrogen functional groups attached to an aromatic ring is 1. The number of hydrogen-bond acceptors (Lipinski definition) is 7. The summed E-state index contributed by atoms with van der Waals surface area (Å²) in [6.45, 7) is 4.69. The molecule has 3 atom stereocenters. The quantitative estimate of drug-likeness (QED) is 0.804. The average Bonchev–Trinajstić information content (AvgIpc) is 2.88. The topological polar surface area (TPSA) is 111 Å². The van der Waals surface area contributed by atoms with Crippen LogP contribution in [0.5, 0.6) is 0 Å². The molecule has 0 radical (unpaired) electrons. The van der Waals surface area contributed by atoms with E-state index in [1.165, 1.54) is 37.9 Å². The second kappa shape index (κ2) is 5.70. The Morgan fingerprint density at radius 2 is 1.96 bits per heavy atom. The molecule has 4 N–H and O–H groups in total. The molecule has 0 amide bonds. The lowest BCUT2D eigenvalue weighted by Gasteiger charge is -2.40. The summed E-state index contributed by atoms with van der Waals surface area (Å²) in [6.07, 6.45) is 3.23. The van der Waals surface area contributed by atoms with Crippen molar-refractivity contribution in [3.05, 3.63) is 30.1 Å². The van der Waals surface area contributed by atoms with Gasteiger partial charge in [0.1, 0.15) is 16.8 Å². The molecule has 3 heterocycles. The molecule has 0 fully saturated rings. The minimum atomic E-state index is -3.56. The summed E-state index contributed by atoms with van der Waals surface area (Å²) < 4.78 is 38.8. The van der Waals surface area contributed by atoms with Crippen molar-refractivity contribution in [3.8, 4) is 0 Å². The van der Waals surface area contributed by atoms with Crippen molar-refractivity contribution in [1.82, 2.24) is 4.98 Å². The first-order valence-corrected chi connectivity index (χ1v) is 10.3. The number of amidine groups is 1. The maximum absolute atomic E-state index is 14.8. The Bertz CT molecular complexity index is 882. The molecule has 2 aliphatic rings. The van der Waals surface area contributed by atoms with Crippen LogP contribution >= 0.6 is 11.8 Å². The standard InChI is InChI=1S/C16H21FN4O2S2/c1-15(2)14(19)21-16(3,8-25(15,22)23)13-11(17)5-12(24-13)9-4-10(18)7-20-6-9/h4-7,11,13H,8,18H2,1-3H3,(H2,19,21)/t11?,13?,16-/m0/s1. The zero-order valence-corrected chi connectivity index (χ0v) is 15.9. The van der Waals surface area contributed by atoms with Crippen LogP contribution in [0.1, 0.15) is 26.3 Å². The van der Waals surface area contributed by atoms with Gasteiger partial charge in [-0.05, 0) is 32.9 Å². The summed E-state index contributed by atoms with van der Waals surface area (Å²) in [7, 11) is -3.56. The second-order valence-electron chi connectivity index (χ2n) is 7.14. The zero-order chi connectivity index (χ0) is 18.6. The molecule has 136 valence electrons. The fourth-order valence-corrected chi connectivity index (χ4v) is 6.18. The minimum absolute atomic E-state index is 0.0214. The van der Waals surface area contributed by atoms with Crippen LogP contribution in [0.2, 0.25) is 0 Å². The van der Waals surface area contributed by atoms with Crippen LogP contribution < -0.4 is 11.5 Å². The molecule has 0 aliphatic carbocycles. The lowest BCUT2D eigenvalue weighted by molar-refractivity contribution is 0.326. The number of nitrogens with two attached hydrogens (primary N) is 2. The third-order valence-electron chi connectivity index (χ3n) is 4.76. The van der Waals surface area contributed by atoms with Gasteiger partial charge in [0, 0.05) is 22.9 Å². The van der Waals surface area contributed by atoms with Crippen LogP contribution in [0, 0.1) is 0 Å². The molecule has 1 aromatic heterocycles. The highest BCUT2D eigenvalue weighted by atomic mass is 32.2. The molecule has 0 aromatic carbocycles. The van der Waals surface area contributed by atoms with Gasteiger partial charge in [-0.1, -0.05) is 0 Å². The fraction of sp³-hybridized carbons (Fsp3) is 0.500. The molecule has 0 spiro atoms. The second-order valence-corrected chi connectivity index (χ2v) is 10.9. The molecular weight excluding hydrogens is 363 g/mol. The normalized spacial score (nSPS) is 33.6. The number of hydrogen-bond donors (Lipinski definition) is 2. The van der Waals surface area contributed by atoms with E-state index < -0.39 is 31.5 Å². The van der Waals surface area contributed by atoms with Gasteiger partial charge >= 0.3 is 0 Å². The van der Waals surface area contributed by atoms with Crippen LogP contribution in [0.3, 0.4) is 0 Å². The third kappa shape index (κ3) is 2.93. The third-order valence-corrected chi connectivity index (χ3v) is 9.14. The van der Waals surface area contributed by atoms with Gasteiger partial charge in [-0.2, -0.15) is 0 Å². The van der Waals surface area contributed by atoms with Gasteiger partial charge in [-0.25, -0.2) is 12.8 Å². The van der Waals surface area contributed by atoms with Crippen molar-refractivity contribution >= 4 is 38.0 Å². The molecular formula is C16H21FN4O2S2. The summed E-state index contributed by atoms with van der Waals surface area (Å²) in [4.78, 5) is 9.11. The molecule has 3 rings (SSSR count). The lowest BCUT2D eigenvalue weighted by atomic mass is 9.95. The summed E-state index contributed by atoms with van der Waals surface area (Å²) >= 11 is 1.25. The van der Waals surface area contributed by atoms with Crippen molar-refractivity contribution < 1.29 is 12.8 Å². The van der Waals surface area contributed by atoms with E-state index in [2.05, 4.69) is 9.98 Å². The average molecular weight is 385 g/mol. The lowest BCUT2D eigenvalue weighted by Crippen LogP contribution is -2.59. The highest BCUT2D eigenvalue weighted by Gasteiger charge is 2.54. The maximum Gasteiger partial charge on any atom is 0.165 e. The number of rotatable bonds is 2. The van der Waals surface area contributed by atoms with Gasteiger partial charge < -0.3 is 11.5 Å². The van der Waals surface area contributed by atoms with E-state index in [1.807, 2.05) is 0 Å². The molecule has 25 heavy (non-hydrogen) atoms. The number of sulfone groups is 1. The van der Waals surface area contributed by atoms with Crippen LogP contribution in [0.15, 0.2) is 29.5 Å². The number of alkyl halides is 1. The smallest absolute Gasteiger partial charge is 0.165 e. The molecule has 0 saturated carbocycles. The van der Waals surface area contributed by atoms with Gasteiger partial charge in [0.05, 0.1) is 22.2 Å². The van der Waals surface area contributed by atoms with Crippen LogP contribution in [-0.2, 0) is 9.84 Å². The van der Waals surface area contributed by atoms with E-state index in [0.717, 1.165) is 0 Å². The number of anilines is 1. The molecule has 0 bridgehead atoms. The molecule has 9 heteroatoms. The van der Waals surface area contributed by atoms with E-state index >= 15 is 0 Å². The van der Waals surface area contributed by atoms with Gasteiger partial charge in [0.25, 0.3) is 0 Å². The molecule has 2 unspecified atom stereocenters. The first kappa shape index (κ1) is 18.2. The van der Waals surface area contributed by atoms with E-state index in [1.54, 1.807) is 19.2 Å². The Hall–Kier alpha value is -1.61. The first-order valence-electron chi connectivity index (χ1n) is 7.78. The molecule has 1 aromatic rings. The van der Waals surface area contributed by atoms with Crippen LogP contribution in [0.25, 0.3) is 4.91 Å². The summed E-state index contributed by atoms with van der Waals surface area (Å²) in [5.74, 6) is -0.227. The van der Waals surface area contributed by atoms with Crippen molar-refractivity contribution in [2.45, 2.75) is 42.5 Å². The van der Waals surface area contributed by atoms with E-state index in [4.69, 9.17) is 11.5 Å². The Kier molecular flexibility index (Phi) is 4.15. The predicted molar refractivity (Wildman–Crippen MR) is 101 cm³/mol. The Morgan fingerprint density at radius 1 is 1.28 bits per heavy atom. The Labute approximate surface area is 150 Å². The summed E-state index contributed by atoms with van der Waals surface area (Å²) in [5.41, 5.74) is 11.7.